The molecule has 0 saturated heterocycles. The van der Waals surface area contributed by atoms with E-state index in [1.165, 1.54) is 0 Å². The van der Waals surface area contributed by atoms with Gasteiger partial charge in [0.15, 0.2) is 0 Å². The second-order valence-electron chi connectivity index (χ2n) is 8.21. The van der Waals surface area contributed by atoms with Gasteiger partial charge in [-0.3, -0.25) is 14.8 Å². The van der Waals surface area contributed by atoms with E-state index >= 15 is 0 Å². The van der Waals surface area contributed by atoms with Crippen LogP contribution in [0.1, 0.15) is 36.8 Å². The number of nitrogens with zero attached hydrogens (tertiary/aromatic N) is 1. The average Bonchev–Trinajstić information content (AvgIpc) is 3.32. The minimum atomic E-state index is -0.854. The summed E-state index contributed by atoms with van der Waals surface area (Å²) in [4.78, 5) is 37.1. The molecule has 7 heteroatoms. The van der Waals surface area contributed by atoms with Crippen molar-refractivity contribution in [3.05, 3.63) is 71.8 Å². The number of carbonyl (C=O) groups excluding carboxylic acids is 3. The van der Waals surface area contributed by atoms with E-state index in [4.69, 9.17) is 4.74 Å². The Bertz CT molecular complexity index is 868. The Kier molecular flexibility index (Phi) is 8.80. The number of hydrogen-bond acceptors (Lipinski definition) is 5. The van der Waals surface area contributed by atoms with E-state index < -0.39 is 23.8 Å². The zero-order chi connectivity index (χ0) is 22.8. The van der Waals surface area contributed by atoms with E-state index in [1.54, 1.807) is 0 Å². The first kappa shape index (κ1) is 23.5. The molecule has 0 heterocycles. The predicted octanol–water partition coefficient (Wildman–Crippen LogP) is 2.91. The molecule has 0 spiro atoms. The summed E-state index contributed by atoms with van der Waals surface area (Å²) in [5.74, 6) is -1.60. The van der Waals surface area contributed by atoms with Crippen molar-refractivity contribution >= 4 is 18.3 Å². The molecule has 1 aliphatic rings. The van der Waals surface area contributed by atoms with Gasteiger partial charge < -0.3 is 10.1 Å². The number of rotatable bonds is 11. The third-order valence-corrected chi connectivity index (χ3v) is 5.69. The van der Waals surface area contributed by atoms with Crippen LogP contribution in [-0.4, -0.2) is 47.2 Å². The molecule has 2 N–H and O–H groups in total. The van der Waals surface area contributed by atoms with Crippen LogP contribution in [0.15, 0.2) is 60.7 Å². The molecular weight excluding hydrogens is 408 g/mol. The van der Waals surface area contributed by atoms with Crippen molar-refractivity contribution in [2.45, 2.75) is 50.7 Å². The first-order valence-corrected chi connectivity index (χ1v) is 11.0. The van der Waals surface area contributed by atoms with Crippen LogP contribution in [0, 0.1) is 5.92 Å². The number of carbonyl (C=O) groups is 3. The van der Waals surface area contributed by atoms with Crippen molar-refractivity contribution < 1.29 is 24.3 Å². The summed E-state index contributed by atoms with van der Waals surface area (Å²) in [6.07, 6.45) is 4.51. The van der Waals surface area contributed by atoms with Gasteiger partial charge in [0.05, 0.1) is 12.5 Å². The number of benzene rings is 2. The molecule has 2 amide bonds. The van der Waals surface area contributed by atoms with Gasteiger partial charge in [0.1, 0.15) is 12.1 Å². The van der Waals surface area contributed by atoms with Crippen LogP contribution in [0.3, 0.4) is 0 Å². The lowest BCUT2D eigenvalue weighted by atomic mass is 9.97. The van der Waals surface area contributed by atoms with E-state index in [1.807, 2.05) is 60.7 Å². The molecule has 170 valence electrons. The molecule has 2 aromatic carbocycles. The number of esters is 1. The molecule has 0 radical (unpaired) electrons. The average molecular weight is 439 g/mol. The fourth-order valence-corrected chi connectivity index (χ4v) is 3.99. The largest absolute Gasteiger partial charge is 0.461 e. The SMILES string of the molecule is O=CN(O)C[C@@H](Cc1ccccc1)C(=O)N[C@@H](Cc1ccccc1)C(=O)OC1CCCC1. The summed E-state index contributed by atoms with van der Waals surface area (Å²) in [7, 11) is 0. The molecule has 0 aromatic heterocycles. The molecule has 3 rings (SSSR count). The van der Waals surface area contributed by atoms with Crippen LogP contribution in [0.25, 0.3) is 0 Å². The Morgan fingerprint density at radius 1 is 1.00 bits per heavy atom. The van der Waals surface area contributed by atoms with Gasteiger partial charge in [0.25, 0.3) is 0 Å². The van der Waals surface area contributed by atoms with Crippen LogP contribution < -0.4 is 5.32 Å². The van der Waals surface area contributed by atoms with Gasteiger partial charge in [-0.25, -0.2) is 9.86 Å². The minimum absolute atomic E-state index is 0.110. The zero-order valence-corrected chi connectivity index (χ0v) is 18.1. The number of ether oxygens (including phenoxy) is 1. The maximum absolute atomic E-state index is 13.2. The number of hydroxylamine groups is 2. The Morgan fingerprint density at radius 2 is 1.56 bits per heavy atom. The van der Waals surface area contributed by atoms with E-state index in [9.17, 15) is 19.6 Å². The quantitative estimate of drug-likeness (QED) is 0.243. The highest BCUT2D eigenvalue weighted by atomic mass is 16.5. The zero-order valence-electron chi connectivity index (χ0n) is 18.1. The van der Waals surface area contributed by atoms with Crippen LogP contribution in [0.2, 0.25) is 0 Å². The Morgan fingerprint density at radius 3 is 2.12 bits per heavy atom. The van der Waals surface area contributed by atoms with Crippen LogP contribution in [0.5, 0.6) is 0 Å². The monoisotopic (exact) mass is 438 g/mol. The highest BCUT2D eigenvalue weighted by Gasteiger charge is 2.30. The lowest BCUT2D eigenvalue weighted by molar-refractivity contribution is -0.157. The molecule has 2 atom stereocenters. The Balaban J connectivity index is 1.74. The fraction of sp³-hybridized carbons (Fsp3) is 0.400. The summed E-state index contributed by atoms with van der Waals surface area (Å²) in [5.41, 5.74) is 1.79. The normalized spacial score (nSPS) is 15.5. The Labute approximate surface area is 188 Å². The molecule has 0 aliphatic heterocycles. The van der Waals surface area contributed by atoms with Gasteiger partial charge in [0.2, 0.25) is 12.3 Å². The topological polar surface area (TPSA) is 95.9 Å². The number of hydrogen-bond donors (Lipinski definition) is 2. The second kappa shape index (κ2) is 12.0. The van der Waals surface area contributed by atoms with Gasteiger partial charge >= 0.3 is 5.97 Å². The van der Waals surface area contributed by atoms with Gasteiger partial charge in [-0.1, -0.05) is 60.7 Å². The van der Waals surface area contributed by atoms with E-state index in [-0.39, 0.29) is 19.1 Å². The molecule has 1 aliphatic carbocycles. The summed E-state index contributed by atoms with van der Waals surface area (Å²) in [5, 5.41) is 13.0. The summed E-state index contributed by atoms with van der Waals surface area (Å²) in [6.45, 7) is -0.181. The molecule has 0 bridgehead atoms. The minimum Gasteiger partial charge on any atom is -0.461 e. The standard InChI is InChI=1S/C25H30N2O5/c28-18-27(31)17-21(15-19-9-3-1-4-10-19)24(29)26-23(16-20-11-5-2-6-12-20)25(30)32-22-13-7-8-14-22/h1-6,9-12,18,21-23,31H,7-8,13-17H2,(H,26,29)/t21-,23+/m1/s1. The molecule has 0 unspecified atom stereocenters. The van der Waals surface area contributed by atoms with E-state index in [0.717, 1.165) is 36.8 Å². The van der Waals surface area contributed by atoms with Crippen molar-refractivity contribution in [3.8, 4) is 0 Å². The van der Waals surface area contributed by atoms with Crippen molar-refractivity contribution in [2.75, 3.05) is 6.54 Å². The first-order valence-electron chi connectivity index (χ1n) is 11.0. The highest BCUT2D eigenvalue weighted by Crippen LogP contribution is 2.22. The molecule has 32 heavy (non-hydrogen) atoms. The summed E-state index contributed by atoms with van der Waals surface area (Å²) in [6, 6.07) is 17.9. The van der Waals surface area contributed by atoms with Gasteiger partial charge in [0, 0.05) is 6.42 Å². The second-order valence-corrected chi connectivity index (χ2v) is 8.21. The van der Waals surface area contributed by atoms with Crippen LogP contribution in [-0.2, 0) is 32.0 Å². The van der Waals surface area contributed by atoms with Crippen molar-refractivity contribution in [2.24, 2.45) is 5.92 Å². The molecule has 1 saturated carbocycles. The third-order valence-electron chi connectivity index (χ3n) is 5.69. The summed E-state index contributed by atoms with van der Waals surface area (Å²) < 4.78 is 5.68. The van der Waals surface area contributed by atoms with Gasteiger partial charge in [-0.15, -0.1) is 0 Å². The van der Waals surface area contributed by atoms with Crippen molar-refractivity contribution in [3.63, 3.8) is 0 Å². The Hall–Kier alpha value is -3.19. The van der Waals surface area contributed by atoms with Crippen molar-refractivity contribution in [1.82, 2.24) is 10.4 Å². The van der Waals surface area contributed by atoms with Crippen LogP contribution in [0.4, 0.5) is 0 Å². The lowest BCUT2D eigenvalue weighted by Gasteiger charge is -2.24. The van der Waals surface area contributed by atoms with Gasteiger partial charge in [-0.05, 0) is 43.2 Å². The maximum Gasteiger partial charge on any atom is 0.329 e. The van der Waals surface area contributed by atoms with E-state index in [0.29, 0.717) is 17.9 Å². The number of amides is 2. The molecular formula is C25H30N2O5. The predicted molar refractivity (Wildman–Crippen MR) is 119 cm³/mol. The highest BCUT2D eigenvalue weighted by molar-refractivity contribution is 5.86. The molecule has 1 fully saturated rings. The van der Waals surface area contributed by atoms with Crippen LogP contribution >= 0.6 is 0 Å². The third kappa shape index (κ3) is 7.20. The van der Waals surface area contributed by atoms with Gasteiger partial charge in [-0.2, -0.15) is 0 Å². The van der Waals surface area contributed by atoms with Crippen molar-refractivity contribution in [1.29, 1.82) is 0 Å². The molecule has 7 nitrogen and oxygen atoms in total. The lowest BCUT2D eigenvalue weighted by Crippen LogP contribution is -2.48. The smallest absolute Gasteiger partial charge is 0.329 e. The first-order chi connectivity index (χ1) is 15.5. The van der Waals surface area contributed by atoms with E-state index in [2.05, 4.69) is 5.32 Å². The number of nitrogens with one attached hydrogen (secondary N) is 1. The maximum atomic E-state index is 13.2. The summed E-state index contributed by atoms with van der Waals surface area (Å²) >= 11 is 0. The fourth-order valence-electron chi connectivity index (χ4n) is 3.99. The molecule has 2 aromatic rings.